The minimum atomic E-state index is -0.599. The highest BCUT2D eigenvalue weighted by molar-refractivity contribution is 6.57. The van der Waals surface area contributed by atoms with Crippen LogP contribution in [-0.2, 0) is 0 Å². The molecule has 0 saturated carbocycles. The Balaban J connectivity index is 2.44. The SMILES string of the molecule is Cc1ccc(C2B(O)C(C)(C)C(C)(C)C2O)o1. The lowest BCUT2D eigenvalue weighted by Crippen LogP contribution is -2.34. The molecule has 2 rings (SSSR count). The summed E-state index contributed by atoms with van der Waals surface area (Å²) < 4.78 is 5.57. The lowest BCUT2D eigenvalue weighted by atomic mass is 9.41. The molecule has 0 aliphatic carbocycles. The van der Waals surface area contributed by atoms with Crippen molar-refractivity contribution in [3.63, 3.8) is 0 Å². The molecule has 1 fully saturated rings. The average molecular weight is 236 g/mol. The highest BCUT2D eigenvalue weighted by Crippen LogP contribution is 2.60. The Bertz CT molecular complexity index is 402. The van der Waals surface area contributed by atoms with Gasteiger partial charge in [0.05, 0.1) is 6.10 Å². The van der Waals surface area contributed by atoms with Crippen LogP contribution in [0.3, 0.4) is 0 Å². The second-order valence-corrected chi connectivity index (χ2v) is 6.31. The zero-order valence-electron chi connectivity index (χ0n) is 11.2. The Morgan fingerprint density at radius 3 is 2.18 bits per heavy atom. The summed E-state index contributed by atoms with van der Waals surface area (Å²) in [4.78, 5) is 0. The molecule has 1 aromatic heterocycles. The fourth-order valence-corrected chi connectivity index (χ4v) is 2.78. The van der Waals surface area contributed by atoms with E-state index < -0.39 is 13.0 Å². The van der Waals surface area contributed by atoms with Crippen LogP contribution in [0.2, 0.25) is 5.31 Å². The normalized spacial score (nSPS) is 30.9. The third kappa shape index (κ3) is 1.58. The Kier molecular flexibility index (Phi) is 2.71. The number of rotatable bonds is 1. The average Bonchev–Trinajstić information content (AvgIpc) is 2.67. The summed E-state index contributed by atoms with van der Waals surface area (Å²) in [6.07, 6.45) is -0.599. The van der Waals surface area contributed by atoms with Crippen LogP contribution >= 0.6 is 0 Å². The topological polar surface area (TPSA) is 53.6 Å². The van der Waals surface area contributed by atoms with Gasteiger partial charge in [-0.05, 0) is 29.8 Å². The summed E-state index contributed by atoms with van der Waals surface area (Å²) in [6, 6.07) is 3.72. The molecule has 3 nitrogen and oxygen atoms in total. The number of aryl methyl sites for hydroxylation is 1. The Hall–Kier alpha value is -0.735. The van der Waals surface area contributed by atoms with Crippen molar-refractivity contribution in [2.24, 2.45) is 5.41 Å². The standard InChI is InChI=1S/C13H21BO3/c1-8-6-7-9(17-8)10-11(15)12(2,3)13(4,5)14(10)16/h6-7,10-11,15-16H,1-5H3. The Labute approximate surface area is 103 Å². The molecule has 2 unspecified atom stereocenters. The zero-order valence-corrected chi connectivity index (χ0v) is 11.2. The predicted octanol–water partition coefficient (Wildman–Crippen LogP) is 2.38. The van der Waals surface area contributed by atoms with Crippen molar-refractivity contribution in [2.75, 3.05) is 0 Å². The Morgan fingerprint density at radius 2 is 1.82 bits per heavy atom. The molecule has 1 saturated heterocycles. The summed E-state index contributed by atoms with van der Waals surface area (Å²) >= 11 is 0. The van der Waals surface area contributed by atoms with Crippen molar-refractivity contribution in [1.29, 1.82) is 0 Å². The van der Waals surface area contributed by atoms with Crippen molar-refractivity contribution < 1.29 is 14.5 Å². The van der Waals surface area contributed by atoms with Gasteiger partial charge in [0.25, 0.3) is 0 Å². The number of hydrogen-bond donors (Lipinski definition) is 2. The molecule has 1 aliphatic rings. The molecule has 2 atom stereocenters. The van der Waals surface area contributed by atoms with Crippen molar-refractivity contribution in [2.45, 2.75) is 51.9 Å². The van der Waals surface area contributed by atoms with E-state index in [1.165, 1.54) is 0 Å². The molecule has 17 heavy (non-hydrogen) atoms. The van der Waals surface area contributed by atoms with Gasteiger partial charge in [-0.1, -0.05) is 27.7 Å². The number of aliphatic hydroxyl groups is 1. The first-order chi connectivity index (χ1) is 7.69. The zero-order chi connectivity index (χ0) is 13.0. The van der Waals surface area contributed by atoms with Gasteiger partial charge in [-0.15, -0.1) is 0 Å². The van der Waals surface area contributed by atoms with Gasteiger partial charge >= 0.3 is 6.92 Å². The minimum absolute atomic E-state index is 0.339. The molecule has 2 N–H and O–H groups in total. The molecule has 0 spiro atoms. The first-order valence-corrected chi connectivity index (χ1v) is 6.12. The monoisotopic (exact) mass is 236 g/mol. The van der Waals surface area contributed by atoms with Crippen molar-refractivity contribution in [3.05, 3.63) is 23.7 Å². The van der Waals surface area contributed by atoms with Crippen LogP contribution < -0.4 is 0 Å². The number of aliphatic hydroxyl groups excluding tert-OH is 1. The first-order valence-electron chi connectivity index (χ1n) is 6.12. The first kappa shape index (κ1) is 12.7. The van der Waals surface area contributed by atoms with E-state index in [1.54, 1.807) is 0 Å². The highest BCUT2D eigenvalue weighted by atomic mass is 16.3. The maximum atomic E-state index is 10.5. The molecule has 2 heterocycles. The smallest absolute Gasteiger partial charge is 0.308 e. The van der Waals surface area contributed by atoms with Gasteiger partial charge in [0.2, 0.25) is 0 Å². The van der Waals surface area contributed by atoms with E-state index in [1.807, 2.05) is 46.8 Å². The second kappa shape index (κ2) is 3.63. The lowest BCUT2D eigenvalue weighted by molar-refractivity contribution is 0.0371. The molecule has 4 heteroatoms. The lowest BCUT2D eigenvalue weighted by Gasteiger charge is -2.37. The molecular weight excluding hydrogens is 215 g/mol. The number of furan rings is 1. The molecule has 94 valence electrons. The van der Waals surface area contributed by atoms with Gasteiger partial charge in [0, 0.05) is 5.82 Å². The molecular formula is C13H21BO3. The van der Waals surface area contributed by atoms with E-state index in [-0.39, 0.29) is 16.5 Å². The fraction of sp³-hybridized carbons (Fsp3) is 0.692. The van der Waals surface area contributed by atoms with Crippen LogP contribution in [0.1, 0.15) is 45.0 Å². The minimum Gasteiger partial charge on any atom is -0.467 e. The van der Waals surface area contributed by atoms with Crippen LogP contribution in [-0.4, -0.2) is 23.2 Å². The van der Waals surface area contributed by atoms with Crippen LogP contribution in [0.5, 0.6) is 0 Å². The maximum Gasteiger partial charge on any atom is 0.308 e. The summed E-state index contributed by atoms with van der Waals surface area (Å²) in [6.45, 7) is 9.26. The van der Waals surface area contributed by atoms with E-state index in [2.05, 4.69) is 0 Å². The fourth-order valence-electron chi connectivity index (χ4n) is 2.78. The van der Waals surface area contributed by atoms with Crippen molar-refractivity contribution in [3.8, 4) is 0 Å². The van der Waals surface area contributed by atoms with E-state index in [0.29, 0.717) is 5.76 Å². The maximum absolute atomic E-state index is 10.5. The summed E-state index contributed by atoms with van der Waals surface area (Å²) in [5, 5.41) is 20.6. The third-order valence-corrected chi connectivity index (χ3v) is 4.91. The van der Waals surface area contributed by atoms with Crippen molar-refractivity contribution >= 4 is 6.92 Å². The van der Waals surface area contributed by atoms with E-state index in [4.69, 9.17) is 4.42 Å². The molecule has 0 aromatic carbocycles. The van der Waals surface area contributed by atoms with Crippen LogP contribution in [0.15, 0.2) is 16.5 Å². The highest BCUT2D eigenvalue weighted by Gasteiger charge is 2.63. The van der Waals surface area contributed by atoms with Gasteiger partial charge in [-0.3, -0.25) is 0 Å². The van der Waals surface area contributed by atoms with E-state index >= 15 is 0 Å². The van der Waals surface area contributed by atoms with Gasteiger partial charge < -0.3 is 14.5 Å². The van der Waals surface area contributed by atoms with Gasteiger partial charge in [-0.2, -0.15) is 0 Å². The Morgan fingerprint density at radius 1 is 1.24 bits per heavy atom. The van der Waals surface area contributed by atoms with Gasteiger partial charge in [-0.25, -0.2) is 0 Å². The third-order valence-electron chi connectivity index (χ3n) is 4.91. The summed E-state index contributed by atoms with van der Waals surface area (Å²) in [5.41, 5.74) is -0.349. The molecule has 1 aliphatic heterocycles. The van der Waals surface area contributed by atoms with Crippen LogP contribution in [0, 0.1) is 12.3 Å². The second-order valence-electron chi connectivity index (χ2n) is 6.31. The molecule has 0 bridgehead atoms. The van der Waals surface area contributed by atoms with Gasteiger partial charge in [0.1, 0.15) is 11.5 Å². The summed E-state index contributed by atoms with van der Waals surface area (Å²) in [7, 11) is 0. The van der Waals surface area contributed by atoms with Gasteiger partial charge in [0.15, 0.2) is 0 Å². The number of hydrogen-bond acceptors (Lipinski definition) is 3. The summed E-state index contributed by atoms with van der Waals surface area (Å²) in [5.74, 6) is 1.15. The molecule has 0 radical (unpaired) electrons. The van der Waals surface area contributed by atoms with Crippen LogP contribution in [0.25, 0.3) is 0 Å². The molecule has 1 aromatic rings. The van der Waals surface area contributed by atoms with Crippen LogP contribution in [0.4, 0.5) is 0 Å². The van der Waals surface area contributed by atoms with Crippen molar-refractivity contribution in [1.82, 2.24) is 0 Å². The van der Waals surface area contributed by atoms with E-state index in [0.717, 1.165) is 5.76 Å². The molecule has 0 amide bonds. The largest absolute Gasteiger partial charge is 0.467 e. The predicted molar refractivity (Wildman–Crippen MR) is 68.0 cm³/mol. The van der Waals surface area contributed by atoms with E-state index in [9.17, 15) is 10.1 Å². The quantitative estimate of drug-likeness (QED) is 0.736.